The van der Waals surface area contributed by atoms with Gasteiger partial charge in [0.2, 0.25) is 0 Å². The number of halogens is 5. The van der Waals surface area contributed by atoms with Crippen molar-refractivity contribution in [2.45, 2.75) is 44.9 Å². The molecule has 3 nitrogen and oxygen atoms in total. The van der Waals surface area contributed by atoms with Crippen LogP contribution >= 0.6 is 0 Å². The molecule has 8 heteroatoms. The maximum absolute atomic E-state index is 15.2. The van der Waals surface area contributed by atoms with Gasteiger partial charge < -0.3 is 4.74 Å². The molecule has 4 rings (SSSR count). The van der Waals surface area contributed by atoms with E-state index in [2.05, 4.69) is 21.3 Å². The minimum Gasteiger partial charge on any atom is -0.403 e. The number of nitrogens with zero attached hydrogens (tertiary/aromatic N) is 2. The summed E-state index contributed by atoms with van der Waals surface area (Å²) in [6.07, 6.45) is 4.21. The van der Waals surface area contributed by atoms with Crippen molar-refractivity contribution in [1.29, 1.82) is 0 Å². The number of alkyl halides is 3. The first-order valence-corrected chi connectivity index (χ1v) is 11.9. The van der Waals surface area contributed by atoms with E-state index < -0.39 is 17.9 Å². The van der Waals surface area contributed by atoms with Crippen LogP contribution in [0, 0.1) is 11.6 Å². The van der Waals surface area contributed by atoms with E-state index in [-0.39, 0.29) is 18.7 Å². The second kappa shape index (κ2) is 11.5. The van der Waals surface area contributed by atoms with Gasteiger partial charge in [0.05, 0.1) is 0 Å². The van der Waals surface area contributed by atoms with Gasteiger partial charge in [-0.3, -0.25) is 0 Å². The highest BCUT2D eigenvalue weighted by molar-refractivity contribution is 5.84. The second-order valence-corrected chi connectivity index (χ2v) is 8.74. The first kappa shape index (κ1) is 26.3. The first-order valence-electron chi connectivity index (χ1n) is 11.9. The highest BCUT2D eigenvalue weighted by Crippen LogP contribution is 2.28. The van der Waals surface area contributed by atoms with Crippen molar-refractivity contribution in [3.8, 4) is 5.75 Å². The SMILES string of the molecule is C=CCCc1cnc(CCc2ccc3c(F)c(CCc4ccc(OC(F)(F)F)c(F)c4)ccc3c2)nc1. The lowest BCUT2D eigenvalue weighted by Crippen LogP contribution is -2.18. The Labute approximate surface area is 211 Å². The number of ether oxygens (including phenoxy) is 1. The number of allylic oxidation sites excluding steroid dienone is 1. The molecule has 3 aromatic carbocycles. The fraction of sp³-hybridized carbons (Fsp3) is 0.241. The molecule has 0 fully saturated rings. The molecule has 4 aromatic rings. The average molecular weight is 513 g/mol. The van der Waals surface area contributed by atoms with Gasteiger partial charge >= 0.3 is 6.36 Å². The number of hydrogen-bond donors (Lipinski definition) is 0. The Morgan fingerprint density at radius 1 is 0.784 bits per heavy atom. The van der Waals surface area contributed by atoms with Gasteiger partial charge in [-0.25, -0.2) is 18.7 Å². The van der Waals surface area contributed by atoms with Crippen LogP contribution in [0.3, 0.4) is 0 Å². The molecular formula is C29H25F5N2O. The average Bonchev–Trinajstić information content (AvgIpc) is 2.87. The molecule has 0 saturated carbocycles. The van der Waals surface area contributed by atoms with Crippen LogP contribution in [-0.4, -0.2) is 16.3 Å². The summed E-state index contributed by atoms with van der Waals surface area (Å²) in [6.45, 7) is 3.71. The number of aromatic nitrogens is 2. The molecule has 0 atom stereocenters. The van der Waals surface area contributed by atoms with Crippen LogP contribution in [0.15, 0.2) is 73.6 Å². The summed E-state index contributed by atoms with van der Waals surface area (Å²) in [5, 5.41) is 1.24. The van der Waals surface area contributed by atoms with Crippen LogP contribution < -0.4 is 4.74 Å². The van der Waals surface area contributed by atoms with Crippen LogP contribution in [0.2, 0.25) is 0 Å². The van der Waals surface area contributed by atoms with Crippen molar-refractivity contribution in [2.75, 3.05) is 0 Å². The van der Waals surface area contributed by atoms with Crippen molar-refractivity contribution in [3.63, 3.8) is 0 Å². The summed E-state index contributed by atoms with van der Waals surface area (Å²) >= 11 is 0. The fourth-order valence-corrected chi connectivity index (χ4v) is 4.09. The van der Waals surface area contributed by atoms with Crippen LogP contribution in [-0.2, 0) is 32.1 Å². The summed E-state index contributed by atoms with van der Waals surface area (Å²) in [5.41, 5.74) is 2.99. The monoisotopic (exact) mass is 512 g/mol. The molecule has 0 bridgehead atoms. The predicted molar refractivity (Wildman–Crippen MR) is 132 cm³/mol. The normalized spacial score (nSPS) is 11.6. The van der Waals surface area contributed by atoms with Crippen LogP contribution in [0.1, 0.15) is 34.5 Å². The lowest BCUT2D eigenvalue weighted by molar-refractivity contribution is -0.275. The molecule has 0 aliphatic heterocycles. The van der Waals surface area contributed by atoms with Gasteiger partial charge in [0, 0.05) is 24.2 Å². The molecule has 0 N–H and O–H groups in total. The van der Waals surface area contributed by atoms with Gasteiger partial charge in [-0.1, -0.05) is 42.5 Å². The Kier molecular flexibility index (Phi) is 8.16. The molecule has 0 amide bonds. The van der Waals surface area contributed by atoms with E-state index in [4.69, 9.17) is 0 Å². The van der Waals surface area contributed by atoms with Crippen LogP contribution in [0.5, 0.6) is 5.75 Å². The van der Waals surface area contributed by atoms with Crippen molar-refractivity contribution in [2.24, 2.45) is 0 Å². The molecule has 0 aliphatic carbocycles. The van der Waals surface area contributed by atoms with E-state index in [9.17, 15) is 17.6 Å². The van der Waals surface area contributed by atoms with E-state index in [0.717, 1.165) is 47.3 Å². The molecule has 0 aliphatic rings. The molecule has 37 heavy (non-hydrogen) atoms. The summed E-state index contributed by atoms with van der Waals surface area (Å²) in [5.74, 6) is -1.62. The highest BCUT2D eigenvalue weighted by Gasteiger charge is 2.32. The quantitative estimate of drug-likeness (QED) is 0.163. The van der Waals surface area contributed by atoms with Crippen LogP contribution in [0.4, 0.5) is 22.0 Å². The Hall–Kier alpha value is -3.81. The topological polar surface area (TPSA) is 35.0 Å². The third kappa shape index (κ3) is 7.12. The largest absolute Gasteiger partial charge is 0.573 e. The molecule has 1 aromatic heterocycles. The van der Waals surface area contributed by atoms with E-state index >= 15 is 4.39 Å². The number of fused-ring (bicyclic) bond motifs is 1. The number of rotatable bonds is 10. The summed E-state index contributed by atoms with van der Waals surface area (Å²) < 4.78 is 69.7. The summed E-state index contributed by atoms with van der Waals surface area (Å²) in [6, 6.07) is 12.3. The van der Waals surface area contributed by atoms with E-state index in [1.165, 1.54) is 6.07 Å². The van der Waals surface area contributed by atoms with Crippen molar-refractivity contribution < 1.29 is 26.7 Å². The minimum atomic E-state index is -4.97. The summed E-state index contributed by atoms with van der Waals surface area (Å²) in [7, 11) is 0. The molecule has 192 valence electrons. The van der Waals surface area contributed by atoms with Crippen molar-refractivity contribution >= 4 is 10.8 Å². The zero-order chi connectivity index (χ0) is 26.4. The molecule has 0 radical (unpaired) electrons. The number of aryl methyl sites for hydroxylation is 5. The molecule has 1 heterocycles. The highest BCUT2D eigenvalue weighted by atomic mass is 19.4. The van der Waals surface area contributed by atoms with Gasteiger partial charge in [-0.15, -0.1) is 19.8 Å². The van der Waals surface area contributed by atoms with Crippen LogP contribution in [0.25, 0.3) is 10.8 Å². The maximum Gasteiger partial charge on any atom is 0.573 e. The summed E-state index contributed by atoms with van der Waals surface area (Å²) in [4.78, 5) is 8.84. The minimum absolute atomic E-state index is 0.260. The lowest BCUT2D eigenvalue weighted by Gasteiger charge is -2.11. The fourth-order valence-electron chi connectivity index (χ4n) is 4.09. The van der Waals surface area contributed by atoms with Gasteiger partial charge in [0.25, 0.3) is 0 Å². The third-order valence-electron chi connectivity index (χ3n) is 6.04. The number of benzene rings is 3. The van der Waals surface area contributed by atoms with Crippen molar-refractivity contribution in [1.82, 2.24) is 9.97 Å². The molecular weight excluding hydrogens is 487 g/mol. The Bertz CT molecular complexity index is 1380. The van der Waals surface area contributed by atoms with E-state index in [1.54, 1.807) is 12.1 Å². The number of hydrogen-bond acceptors (Lipinski definition) is 3. The Morgan fingerprint density at radius 2 is 1.49 bits per heavy atom. The van der Waals surface area contributed by atoms with Gasteiger partial charge in [-0.2, -0.15) is 0 Å². The van der Waals surface area contributed by atoms with Gasteiger partial charge in [0.15, 0.2) is 11.6 Å². The zero-order valence-corrected chi connectivity index (χ0v) is 20.0. The van der Waals surface area contributed by atoms with E-state index in [1.807, 2.05) is 36.7 Å². The van der Waals surface area contributed by atoms with Gasteiger partial charge in [0.1, 0.15) is 11.6 Å². The maximum atomic E-state index is 15.2. The molecule has 0 unspecified atom stereocenters. The smallest absolute Gasteiger partial charge is 0.403 e. The first-order chi connectivity index (χ1) is 17.7. The Balaban J connectivity index is 1.39. The predicted octanol–water partition coefficient (Wildman–Crippen LogP) is 7.50. The van der Waals surface area contributed by atoms with Crippen molar-refractivity contribution in [3.05, 3.63) is 113 Å². The lowest BCUT2D eigenvalue weighted by atomic mass is 9.98. The molecule has 0 spiro atoms. The molecule has 0 saturated heterocycles. The standard InChI is InChI=1S/C29H25F5N2O/c1-2-3-4-21-17-35-27(36-18-21)14-8-19-6-12-24-23(15-19)11-10-22(28(24)31)9-5-20-7-13-26(25(30)16-20)37-29(32,33)34/h2,6-7,10-13,15-18H,1,3-5,8-9,14H2. The zero-order valence-electron chi connectivity index (χ0n) is 20.0. The third-order valence-corrected chi connectivity index (χ3v) is 6.04. The van der Waals surface area contributed by atoms with Gasteiger partial charge in [-0.05, 0) is 71.9 Å². The van der Waals surface area contributed by atoms with E-state index in [0.29, 0.717) is 29.4 Å². The Morgan fingerprint density at radius 3 is 2.19 bits per heavy atom. The second-order valence-electron chi connectivity index (χ2n) is 8.74.